The summed E-state index contributed by atoms with van der Waals surface area (Å²) in [5.41, 5.74) is 6.11. The predicted octanol–water partition coefficient (Wildman–Crippen LogP) is 7.04. The van der Waals surface area contributed by atoms with E-state index < -0.39 is 22.8 Å². The van der Waals surface area contributed by atoms with Crippen molar-refractivity contribution in [3.63, 3.8) is 0 Å². The third kappa shape index (κ3) is 5.74. The van der Waals surface area contributed by atoms with Gasteiger partial charge >= 0.3 is 5.97 Å². The molecule has 0 radical (unpaired) electrons. The lowest BCUT2D eigenvalue weighted by atomic mass is 9.94. The van der Waals surface area contributed by atoms with Crippen molar-refractivity contribution < 1.29 is 22.9 Å². The van der Waals surface area contributed by atoms with Crippen LogP contribution in [0.1, 0.15) is 64.5 Å². The van der Waals surface area contributed by atoms with Gasteiger partial charge in [-0.1, -0.05) is 36.4 Å². The third-order valence-electron chi connectivity index (χ3n) is 8.24. The summed E-state index contributed by atoms with van der Waals surface area (Å²) in [4.78, 5) is 15.9. The van der Waals surface area contributed by atoms with Crippen LogP contribution in [0, 0.1) is 17.6 Å². The molecule has 2 aliphatic rings. The van der Waals surface area contributed by atoms with E-state index in [4.69, 9.17) is 10.2 Å². The van der Waals surface area contributed by atoms with Crippen molar-refractivity contribution in [2.45, 2.75) is 49.3 Å². The zero-order valence-electron chi connectivity index (χ0n) is 23.5. The van der Waals surface area contributed by atoms with E-state index in [2.05, 4.69) is 4.98 Å². The second kappa shape index (κ2) is 11.5. The Morgan fingerprint density at radius 2 is 1.77 bits per heavy atom. The van der Waals surface area contributed by atoms with Gasteiger partial charge in [-0.3, -0.25) is 0 Å². The number of carboxylic acids is 1. The molecule has 5 aromatic rings. The van der Waals surface area contributed by atoms with Gasteiger partial charge in [0.05, 0.1) is 16.3 Å². The first kappa shape index (κ1) is 28.7. The summed E-state index contributed by atoms with van der Waals surface area (Å²) in [6.45, 7) is 0. The fraction of sp³-hybridized carbons (Fsp3) is 0.242. The highest BCUT2D eigenvalue weighted by Crippen LogP contribution is 2.42. The predicted molar refractivity (Wildman–Crippen MR) is 165 cm³/mol. The number of hydrogen-bond donors (Lipinski definition) is 2. The maximum atomic E-state index is 15.0. The molecular formula is C33H28F2N4O3S2. The van der Waals surface area contributed by atoms with E-state index in [9.17, 15) is 22.9 Å². The molecule has 0 bridgehead atoms. The number of aromatic nitrogens is 3. The van der Waals surface area contributed by atoms with E-state index in [1.54, 1.807) is 16.8 Å². The van der Waals surface area contributed by atoms with Crippen molar-refractivity contribution >= 4 is 28.3 Å². The number of rotatable bonds is 10. The molecule has 11 heteroatoms. The van der Waals surface area contributed by atoms with Crippen LogP contribution in [0.2, 0.25) is 0 Å². The van der Waals surface area contributed by atoms with Crippen LogP contribution in [0.3, 0.4) is 0 Å². The maximum absolute atomic E-state index is 15.0. The summed E-state index contributed by atoms with van der Waals surface area (Å²) in [5, 5.41) is 21.9. The number of hydrogen-bond acceptors (Lipinski definition) is 5. The number of carbonyl (C=O) groups is 1. The quantitative estimate of drug-likeness (QED) is 0.172. The molecule has 0 amide bonds. The van der Waals surface area contributed by atoms with Crippen LogP contribution in [0.15, 0.2) is 70.9 Å². The Labute approximate surface area is 259 Å². The molecule has 2 saturated carbocycles. The minimum atomic E-state index is -1.95. The van der Waals surface area contributed by atoms with Crippen molar-refractivity contribution in [3.05, 3.63) is 106 Å². The molecular weight excluding hydrogens is 603 g/mol. The Kier molecular flexibility index (Phi) is 7.47. The first-order valence-corrected chi connectivity index (χ1v) is 16.5. The molecule has 2 aromatic heterocycles. The van der Waals surface area contributed by atoms with Gasteiger partial charge in [0, 0.05) is 22.9 Å². The minimum absolute atomic E-state index is 0.0629. The van der Waals surface area contributed by atoms with Crippen molar-refractivity contribution in [1.29, 1.82) is 0 Å². The van der Waals surface area contributed by atoms with E-state index in [0.29, 0.717) is 41.1 Å². The van der Waals surface area contributed by atoms with Crippen LogP contribution in [0.25, 0.3) is 27.5 Å². The Morgan fingerprint density at radius 3 is 2.43 bits per heavy atom. The summed E-state index contributed by atoms with van der Waals surface area (Å²) in [6, 6.07) is 17.6. The van der Waals surface area contributed by atoms with Crippen molar-refractivity contribution in [1.82, 2.24) is 14.8 Å². The monoisotopic (exact) mass is 630 g/mol. The largest absolute Gasteiger partial charge is 0.476 e. The van der Waals surface area contributed by atoms with Gasteiger partial charge in [0.2, 0.25) is 5.13 Å². The van der Waals surface area contributed by atoms with Gasteiger partial charge in [0.1, 0.15) is 22.6 Å². The second-order valence-corrected chi connectivity index (χ2v) is 13.4. The molecule has 1 unspecified atom stereocenters. The number of halogens is 2. The van der Waals surface area contributed by atoms with Gasteiger partial charge in [-0.15, -0.1) is 11.3 Å². The summed E-state index contributed by atoms with van der Waals surface area (Å²) in [5.74, 6) is -1.21. The standard InChI is InChI=1S/C33H28F2N4O3S2/c34-26-16-22(9-10-24(26)20-7-8-20)21-2-1-3-23(15-21)31-25(12-19-6-11-30(44(36)42)27(35)13-19)29(14-18-4-5-18)39(38-31)33-37-28(17-43-33)32(40)41/h1-3,6,9-11,13,15-18,20H,4-5,7-8,12,14,36H2,(H,40,41). The van der Waals surface area contributed by atoms with Crippen molar-refractivity contribution in [2.75, 3.05) is 0 Å². The van der Waals surface area contributed by atoms with E-state index in [1.165, 1.54) is 28.8 Å². The van der Waals surface area contributed by atoms with Crippen LogP contribution < -0.4 is 5.14 Å². The van der Waals surface area contributed by atoms with E-state index in [-0.39, 0.29) is 16.4 Å². The lowest BCUT2D eigenvalue weighted by Gasteiger charge is -2.11. The molecule has 2 fully saturated rings. The highest BCUT2D eigenvalue weighted by Gasteiger charge is 2.30. The third-order valence-corrected chi connectivity index (χ3v) is 9.82. The van der Waals surface area contributed by atoms with Gasteiger partial charge < -0.3 is 5.11 Å². The molecule has 7 rings (SSSR count). The van der Waals surface area contributed by atoms with E-state index in [0.717, 1.165) is 59.2 Å². The average Bonchev–Trinajstić information content (AvgIpc) is 3.93. The Hall–Kier alpha value is -4.06. The van der Waals surface area contributed by atoms with Gasteiger partial charge in [-0.25, -0.2) is 32.6 Å². The lowest BCUT2D eigenvalue weighted by molar-refractivity contribution is 0.0691. The van der Waals surface area contributed by atoms with Gasteiger partial charge in [0.25, 0.3) is 0 Å². The topological polar surface area (TPSA) is 111 Å². The highest BCUT2D eigenvalue weighted by atomic mass is 32.2. The fourth-order valence-electron chi connectivity index (χ4n) is 5.63. The fourth-order valence-corrected chi connectivity index (χ4v) is 6.85. The molecule has 224 valence electrons. The van der Waals surface area contributed by atoms with Crippen LogP contribution in [0.4, 0.5) is 8.78 Å². The first-order chi connectivity index (χ1) is 21.2. The molecule has 7 nitrogen and oxygen atoms in total. The molecule has 0 saturated heterocycles. The van der Waals surface area contributed by atoms with Crippen LogP contribution in [0.5, 0.6) is 0 Å². The molecule has 44 heavy (non-hydrogen) atoms. The van der Waals surface area contributed by atoms with Crippen molar-refractivity contribution in [2.24, 2.45) is 11.1 Å². The molecule has 3 N–H and O–H groups in total. The molecule has 0 spiro atoms. The normalized spacial score (nSPS) is 15.4. The zero-order valence-corrected chi connectivity index (χ0v) is 25.1. The van der Waals surface area contributed by atoms with Gasteiger partial charge in [-0.05, 0) is 90.5 Å². The Balaban J connectivity index is 1.36. The number of thiazole rings is 1. The van der Waals surface area contributed by atoms with Gasteiger partial charge in [0.15, 0.2) is 5.69 Å². The van der Waals surface area contributed by atoms with E-state index in [1.807, 2.05) is 36.4 Å². The zero-order chi connectivity index (χ0) is 30.5. The first-order valence-electron chi connectivity index (χ1n) is 14.4. The summed E-state index contributed by atoms with van der Waals surface area (Å²) in [7, 11) is -1.95. The number of aromatic carboxylic acids is 1. The SMILES string of the molecule is NS(=O)c1ccc(Cc2c(-c3cccc(-c4ccc(C5CC5)c(F)c4)c3)nn(-c3nc(C(=O)O)cs3)c2CC2CC2)cc1F. The molecule has 1 atom stereocenters. The number of carboxylic acid groups (broad SMARTS) is 1. The Bertz CT molecular complexity index is 1950. The molecule has 3 aromatic carbocycles. The van der Waals surface area contributed by atoms with Crippen molar-refractivity contribution in [3.8, 4) is 27.5 Å². The highest BCUT2D eigenvalue weighted by molar-refractivity contribution is 7.82. The summed E-state index contributed by atoms with van der Waals surface area (Å²) in [6.07, 6.45) is 5.20. The summed E-state index contributed by atoms with van der Waals surface area (Å²) < 4.78 is 43.3. The smallest absolute Gasteiger partial charge is 0.355 e. The minimum Gasteiger partial charge on any atom is -0.476 e. The Morgan fingerprint density at radius 1 is 1.00 bits per heavy atom. The van der Waals surface area contributed by atoms with Crippen LogP contribution in [-0.4, -0.2) is 30.0 Å². The number of nitrogens with two attached hydrogens (primary N) is 1. The van der Waals surface area contributed by atoms with E-state index >= 15 is 0 Å². The van der Waals surface area contributed by atoms with Crippen LogP contribution in [-0.2, 0) is 23.8 Å². The number of nitrogens with zero attached hydrogens (tertiary/aromatic N) is 3. The second-order valence-electron chi connectivity index (χ2n) is 11.5. The molecule has 2 heterocycles. The maximum Gasteiger partial charge on any atom is 0.355 e. The number of benzene rings is 3. The molecule has 2 aliphatic carbocycles. The van der Waals surface area contributed by atoms with Gasteiger partial charge in [-0.2, -0.15) is 5.10 Å². The lowest BCUT2D eigenvalue weighted by Crippen LogP contribution is -2.07. The molecule has 0 aliphatic heterocycles. The average molecular weight is 631 g/mol. The van der Waals surface area contributed by atoms with Crippen LogP contribution >= 0.6 is 11.3 Å². The summed E-state index contributed by atoms with van der Waals surface area (Å²) >= 11 is 1.19.